The third-order valence-corrected chi connectivity index (χ3v) is 3.25. The van der Waals surface area contributed by atoms with Crippen molar-refractivity contribution in [1.82, 2.24) is 0 Å². The quantitative estimate of drug-likeness (QED) is 0.666. The fourth-order valence-electron chi connectivity index (χ4n) is 1.98. The molecule has 2 nitrogen and oxygen atoms in total. The van der Waals surface area contributed by atoms with Crippen LogP contribution >= 0.6 is 0 Å². The molecule has 0 aromatic heterocycles. The van der Waals surface area contributed by atoms with E-state index in [2.05, 4.69) is 25.7 Å². The number of benzene rings is 1. The van der Waals surface area contributed by atoms with E-state index in [1.165, 1.54) is 6.42 Å². The maximum Gasteiger partial charge on any atom is 0.152 e. The molecule has 1 rings (SSSR count). The van der Waals surface area contributed by atoms with E-state index in [9.17, 15) is 4.79 Å². The topological polar surface area (TPSA) is 20.3 Å². The van der Waals surface area contributed by atoms with Crippen molar-refractivity contribution in [2.24, 2.45) is 0 Å². The molecular weight excluding hydrogens is 210 g/mol. The van der Waals surface area contributed by atoms with Crippen LogP contribution in [-0.4, -0.2) is 18.9 Å². The van der Waals surface area contributed by atoms with Gasteiger partial charge in [0.15, 0.2) is 6.29 Å². The van der Waals surface area contributed by atoms with Gasteiger partial charge in [-0.3, -0.25) is 4.79 Å². The van der Waals surface area contributed by atoms with Gasteiger partial charge in [-0.15, -0.1) is 0 Å². The molecule has 0 fully saturated rings. The Hall–Kier alpha value is -1.31. The molecule has 0 heterocycles. The summed E-state index contributed by atoms with van der Waals surface area (Å²) in [5, 5.41) is 0. The fraction of sp³-hybridized carbons (Fsp3) is 0.533. The van der Waals surface area contributed by atoms with Crippen molar-refractivity contribution in [2.45, 2.75) is 46.1 Å². The number of unbranched alkanes of at least 4 members (excludes halogenated alkanes) is 1. The number of aldehydes is 1. The van der Waals surface area contributed by atoms with Crippen LogP contribution < -0.4 is 4.90 Å². The first-order valence-corrected chi connectivity index (χ1v) is 6.55. The molecule has 0 saturated heterocycles. The molecule has 0 aliphatic rings. The van der Waals surface area contributed by atoms with Gasteiger partial charge in [-0.2, -0.15) is 0 Å². The molecule has 1 aromatic carbocycles. The van der Waals surface area contributed by atoms with E-state index in [0.29, 0.717) is 6.04 Å². The first-order valence-electron chi connectivity index (χ1n) is 6.55. The van der Waals surface area contributed by atoms with Crippen LogP contribution in [0.15, 0.2) is 24.3 Å². The van der Waals surface area contributed by atoms with Crippen molar-refractivity contribution in [3.05, 3.63) is 29.8 Å². The summed E-state index contributed by atoms with van der Waals surface area (Å²) in [6.45, 7) is 7.63. The largest absolute Gasteiger partial charge is 0.368 e. The summed E-state index contributed by atoms with van der Waals surface area (Å²) in [6.07, 6.45) is 4.39. The summed E-state index contributed by atoms with van der Waals surface area (Å²) in [7, 11) is 0. The van der Waals surface area contributed by atoms with E-state index in [0.717, 1.165) is 36.9 Å². The molecule has 0 aliphatic carbocycles. The lowest BCUT2D eigenvalue weighted by Crippen LogP contribution is -2.34. The zero-order valence-corrected chi connectivity index (χ0v) is 11.1. The Kier molecular flexibility index (Phi) is 5.75. The summed E-state index contributed by atoms with van der Waals surface area (Å²) in [5.74, 6) is 0. The summed E-state index contributed by atoms with van der Waals surface area (Å²) >= 11 is 0. The molecule has 0 aliphatic heterocycles. The van der Waals surface area contributed by atoms with Crippen LogP contribution in [0.4, 0.5) is 5.69 Å². The van der Waals surface area contributed by atoms with Crippen molar-refractivity contribution in [2.75, 3.05) is 11.4 Å². The molecule has 1 unspecified atom stereocenters. The third kappa shape index (κ3) is 3.58. The highest BCUT2D eigenvalue weighted by Gasteiger charge is 2.15. The molecule has 1 aromatic rings. The van der Waals surface area contributed by atoms with Gasteiger partial charge < -0.3 is 4.90 Å². The Morgan fingerprint density at radius 3 is 2.59 bits per heavy atom. The number of anilines is 1. The van der Waals surface area contributed by atoms with Crippen LogP contribution in [0, 0.1) is 0 Å². The van der Waals surface area contributed by atoms with E-state index in [1.54, 1.807) is 0 Å². The van der Waals surface area contributed by atoms with Gasteiger partial charge in [0, 0.05) is 23.8 Å². The van der Waals surface area contributed by atoms with Crippen LogP contribution in [0.5, 0.6) is 0 Å². The lowest BCUT2D eigenvalue weighted by Gasteiger charge is -2.31. The molecule has 0 saturated carbocycles. The smallest absolute Gasteiger partial charge is 0.152 e. The van der Waals surface area contributed by atoms with Gasteiger partial charge in [0.1, 0.15) is 0 Å². The molecule has 0 spiro atoms. The molecular formula is C15H23NO. The van der Waals surface area contributed by atoms with Gasteiger partial charge >= 0.3 is 0 Å². The number of carbonyl (C=O) groups excluding carboxylic acids is 1. The standard InChI is InChI=1S/C15H23NO/c1-4-6-11-16(13(3)5-2)15-10-8-7-9-14(15)12-17/h7-10,12-13H,4-6,11H2,1-3H3. The second-order valence-electron chi connectivity index (χ2n) is 4.48. The Bertz CT molecular complexity index is 349. The Balaban J connectivity index is 2.98. The van der Waals surface area contributed by atoms with Gasteiger partial charge in [0.25, 0.3) is 0 Å². The Morgan fingerprint density at radius 1 is 1.29 bits per heavy atom. The van der Waals surface area contributed by atoms with Crippen molar-refractivity contribution in [1.29, 1.82) is 0 Å². The second-order valence-corrected chi connectivity index (χ2v) is 4.48. The van der Waals surface area contributed by atoms with Crippen LogP contribution in [-0.2, 0) is 0 Å². The number of carbonyl (C=O) groups is 1. The SMILES string of the molecule is CCCCN(c1ccccc1C=O)C(C)CC. The average molecular weight is 233 g/mol. The molecule has 1 atom stereocenters. The fourth-order valence-corrected chi connectivity index (χ4v) is 1.98. The molecule has 17 heavy (non-hydrogen) atoms. The van der Waals surface area contributed by atoms with Gasteiger partial charge in [-0.1, -0.05) is 32.4 Å². The molecule has 2 heteroatoms. The highest BCUT2D eigenvalue weighted by molar-refractivity contribution is 5.84. The van der Waals surface area contributed by atoms with E-state index >= 15 is 0 Å². The summed E-state index contributed by atoms with van der Waals surface area (Å²) in [4.78, 5) is 13.4. The summed E-state index contributed by atoms with van der Waals surface area (Å²) < 4.78 is 0. The summed E-state index contributed by atoms with van der Waals surface area (Å²) in [6, 6.07) is 8.34. The highest BCUT2D eigenvalue weighted by atomic mass is 16.1. The molecule has 0 radical (unpaired) electrons. The Morgan fingerprint density at radius 2 is 2.00 bits per heavy atom. The molecule has 0 bridgehead atoms. The molecule has 0 N–H and O–H groups in total. The van der Waals surface area contributed by atoms with E-state index in [4.69, 9.17) is 0 Å². The number of hydrogen-bond acceptors (Lipinski definition) is 2. The number of para-hydroxylation sites is 1. The van der Waals surface area contributed by atoms with Crippen molar-refractivity contribution >= 4 is 12.0 Å². The predicted octanol–water partition coefficient (Wildman–Crippen LogP) is 3.90. The minimum absolute atomic E-state index is 0.475. The predicted molar refractivity (Wildman–Crippen MR) is 73.8 cm³/mol. The maximum absolute atomic E-state index is 11.1. The van der Waals surface area contributed by atoms with Crippen LogP contribution in [0.25, 0.3) is 0 Å². The van der Waals surface area contributed by atoms with Crippen molar-refractivity contribution in [3.8, 4) is 0 Å². The average Bonchev–Trinajstić information content (AvgIpc) is 2.39. The number of rotatable bonds is 7. The molecule has 0 amide bonds. The lowest BCUT2D eigenvalue weighted by molar-refractivity contribution is 0.112. The van der Waals surface area contributed by atoms with Crippen molar-refractivity contribution < 1.29 is 4.79 Å². The van der Waals surface area contributed by atoms with E-state index in [-0.39, 0.29) is 0 Å². The monoisotopic (exact) mass is 233 g/mol. The normalized spacial score (nSPS) is 12.2. The van der Waals surface area contributed by atoms with Gasteiger partial charge in [0.2, 0.25) is 0 Å². The molecule has 94 valence electrons. The maximum atomic E-state index is 11.1. The van der Waals surface area contributed by atoms with Crippen LogP contribution in [0.3, 0.4) is 0 Å². The Labute approximate surface area is 105 Å². The highest BCUT2D eigenvalue weighted by Crippen LogP contribution is 2.22. The third-order valence-electron chi connectivity index (χ3n) is 3.25. The number of nitrogens with zero attached hydrogens (tertiary/aromatic N) is 1. The van der Waals surface area contributed by atoms with Gasteiger partial charge in [-0.05, 0) is 31.9 Å². The summed E-state index contributed by atoms with van der Waals surface area (Å²) in [5.41, 5.74) is 1.87. The first kappa shape index (κ1) is 13.8. The minimum atomic E-state index is 0.475. The lowest BCUT2D eigenvalue weighted by atomic mass is 10.1. The zero-order valence-electron chi connectivity index (χ0n) is 11.1. The van der Waals surface area contributed by atoms with Crippen molar-refractivity contribution in [3.63, 3.8) is 0 Å². The van der Waals surface area contributed by atoms with Crippen LogP contribution in [0.2, 0.25) is 0 Å². The van der Waals surface area contributed by atoms with E-state index < -0.39 is 0 Å². The van der Waals surface area contributed by atoms with Crippen LogP contribution in [0.1, 0.15) is 50.4 Å². The van der Waals surface area contributed by atoms with Gasteiger partial charge in [0.05, 0.1) is 0 Å². The van der Waals surface area contributed by atoms with E-state index in [1.807, 2.05) is 24.3 Å². The zero-order chi connectivity index (χ0) is 12.7. The first-order chi connectivity index (χ1) is 8.24. The second kappa shape index (κ2) is 7.10. The van der Waals surface area contributed by atoms with Gasteiger partial charge in [-0.25, -0.2) is 0 Å². The number of hydrogen-bond donors (Lipinski definition) is 0. The minimum Gasteiger partial charge on any atom is -0.368 e.